The Hall–Kier alpha value is -1.19. The van der Waals surface area contributed by atoms with Crippen LogP contribution < -0.4 is 5.32 Å². The van der Waals surface area contributed by atoms with Gasteiger partial charge in [-0.05, 0) is 37.7 Å². The van der Waals surface area contributed by atoms with Crippen LogP contribution in [0.2, 0.25) is 0 Å². The zero-order valence-corrected chi connectivity index (χ0v) is 12.9. The van der Waals surface area contributed by atoms with Crippen LogP contribution in [0.4, 0.5) is 0 Å². The van der Waals surface area contributed by atoms with Crippen LogP contribution in [-0.4, -0.2) is 29.1 Å². The zero-order chi connectivity index (χ0) is 15.1. The van der Waals surface area contributed by atoms with Crippen LogP contribution in [0, 0.1) is 11.8 Å². The Labute approximate surface area is 132 Å². The lowest BCUT2D eigenvalue weighted by molar-refractivity contribution is -0.131. The molecule has 1 aliphatic heterocycles. The highest BCUT2D eigenvalue weighted by atomic mass is 16.3. The molecule has 22 heavy (non-hydrogen) atoms. The van der Waals surface area contributed by atoms with Crippen molar-refractivity contribution in [3.05, 3.63) is 35.9 Å². The topological polar surface area (TPSA) is 49.3 Å². The van der Waals surface area contributed by atoms with E-state index in [0.717, 1.165) is 32.1 Å². The first-order chi connectivity index (χ1) is 10.8. The molecule has 4 rings (SSSR count). The van der Waals surface area contributed by atoms with Gasteiger partial charge in [-0.15, -0.1) is 0 Å². The molecule has 0 spiro atoms. The van der Waals surface area contributed by atoms with Gasteiger partial charge in [0.05, 0.1) is 6.10 Å². The quantitative estimate of drug-likeness (QED) is 0.838. The van der Waals surface area contributed by atoms with Crippen molar-refractivity contribution in [2.24, 2.45) is 11.8 Å². The molecule has 1 aromatic rings. The van der Waals surface area contributed by atoms with Gasteiger partial charge in [-0.1, -0.05) is 30.3 Å². The van der Waals surface area contributed by atoms with Crippen LogP contribution in [0.3, 0.4) is 0 Å². The van der Waals surface area contributed by atoms with E-state index in [1.165, 1.54) is 5.56 Å². The highest BCUT2D eigenvalue weighted by molar-refractivity contribution is 5.84. The van der Waals surface area contributed by atoms with Crippen LogP contribution in [0.25, 0.3) is 0 Å². The number of hydrogen-bond acceptors (Lipinski definition) is 3. The Morgan fingerprint density at radius 2 is 1.73 bits per heavy atom. The van der Waals surface area contributed by atoms with E-state index < -0.39 is 0 Å². The fraction of sp³-hybridized carbons (Fsp3) is 0.632. The van der Waals surface area contributed by atoms with E-state index in [2.05, 4.69) is 29.6 Å². The average Bonchev–Trinajstić information content (AvgIpc) is 2.54. The average molecular weight is 299 g/mol. The summed E-state index contributed by atoms with van der Waals surface area (Å²) in [5, 5.41) is 14.4. The molecular weight excluding hydrogens is 274 g/mol. The number of nitrogens with one attached hydrogen (secondary N) is 1. The lowest BCUT2D eigenvalue weighted by atomic mass is 9.59. The molecule has 1 aromatic carbocycles. The molecule has 2 N–H and O–H groups in total. The van der Waals surface area contributed by atoms with Crippen molar-refractivity contribution >= 4 is 5.78 Å². The lowest BCUT2D eigenvalue weighted by Crippen LogP contribution is -2.62. The number of Topliss-reactive ketones (excluding diaryl/α,β-unsaturated/α-hetero) is 1. The number of hydrogen-bond donors (Lipinski definition) is 2. The number of ketones is 1. The maximum absolute atomic E-state index is 12.7. The molecule has 2 saturated carbocycles. The summed E-state index contributed by atoms with van der Waals surface area (Å²) in [6.45, 7) is 0. The second kappa shape index (κ2) is 5.78. The van der Waals surface area contributed by atoms with Crippen molar-refractivity contribution in [2.75, 3.05) is 0 Å². The van der Waals surface area contributed by atoms with Crippen LogP contribution >= 0.6 is 0 Å². The summed E-state index contributed by atoms with van der Waals surface area (Å²) >= 11 is 0. The molecule has 3 nitrogen and oxygen atoms in total. The number of carbonyl (C=O) groups is 1. The second-order valence-electron chi connectivity index (χ2n) is 7.28. The van der Waals surface area contributed by atoms with Gasteiger partial charge in [0.15, 0.2) is 0 Å². The molecule has 118 valence electrons. The van der Waals surface area contributed by atoms with Gasteiger partial charge in [0, 0.05) is 36.3 Å². The Kier molecular flexibility index (Phi) is 3.79. The Morgan fingerprint density at radius 3 is 2.55 bits per heavy atom. The number of fused-ring (bicyclic) bond motifs is 2. The van der Waals surface area contributed by atoms with Crippen molar-refractivity contribution in [3.63, 3.8) is 0 Å². The van der Waals surface area contributed by atoms with Crippen molar-refractivity contribution in [2.45, 2.75) is 62.6 Å². The van der Waals surface area contributed by atoms with E-state index in [1.54, 1.807) is 0 Å². The van der Waals surface area contributed by atoms with Crippen LogP contribution in [0.5, 0.6) is 0 Å². The molecule has 3 heteroatoms. The highest BCUT2D eigenvalue weighted by Gasteiger charge is 2.51. The normalized spacial score (nSPS) is 41.6. The monoisotopic (exact) mass is 299 g/mol. The van der Waals surface area contributed by atoms with Gasteiger partial charge < -0.3 is 10.4 Å². The standard InChI is InChI=1S/C19H25NO2/c21-15-10-4-8-13-18(15)17(12-6-2-1-3-7-12)19-14(20-13)9-5-11-16(19)22/h1-3,6-7,13-15,17-21H,4-5,8-11H2. The third kappa shape index (κ3) is 2.31. The van der Waals surface area contributed by atoms with Crippen LogP contribution in [-0.2, 0) is 4.79 Å². The SMILES string of the molecule is O=C1CCCC2NC3CCCC(O)C3C(c3ccccc3)C12. The Balaban J connectivity index is 1.77. The summed E-state index contributed by atoms with van der Waals surface area (Å²) in [5.41, 5.74) is 1.24. The molecule has 2 aliphatic carbocycles. The van der Waals surface area contributed by atoms with Crippen molar-refractivity contribution in [3.8, 4) is 0 Å². The minimum atomic E-state index is -0.285. The molecule has 3 aliphatic rings. The van der Waals surface area contributed by atoms with E-state index in [4.69, 9.17) is 0 Å². The van der Waals surface area contributed by atoms with Gasteiger partial charge in [-0.2, -0.15) is 0 Å². The van der Waals surface area contributed by atoms with Crippen molar-refractivity contribution in [1.29, 1.82) is 0 Å². The summed E-state index contributed by atoms with van der Waals surface area (Å²) < 4.78 is 0. The summed E-state index contributed by atoms with van der Waals surface area (Å²) in [6, 6.07) is 11.1. The molecule has 6 atom stereocenters. The van der Waals surface area contributed by atoms with Crippen molar-refractivity contribution < 1.29 is 9.90 Å². The van der Waals surface area contributed by atoms with Gasteiger partial charge in [0.2, 0.25) is 0 Å². The Morgan fingerprint density at radius 1 is 0.955 bits per heavy atom. The number of rotatable bonds is 1. The number of benzene rings is 1. The molecule has 1 saturated heterocycles. The maximum atomic E-state index is 12.7. The van der Waals surface area contributed by atoms with Gasteiger partial charge in [0.1, 0.15) is 5.78 Å². The number of aliphatic hydroxyl groups is 1. The van der Waals surface area contributed by atoms with Crippen molar-refractivity contribution in [1.82, 2.24) is 5.32 Å². The molecule has 3 fully saturated rings. The predicted octanol–water partition coefficient (Wildman–Crippen LogP) is 2.64. The molecule has 0 aromatic heterocycles. The fourth-order valence-electron chi connectivity index (χ4n) is 5.21. The summed E-state index contributed by atoms with van der Waals surface area (Å²) in [7, 11) is 0. The third-order valence-electron chi connectivity index (χ3n) is 6.08. The first kappa shape index (κ1) is 14.4. The minimum Gasteiger partial charge on any atom is -0.393 e. The molecule has 1 heterocycles. The minimum absolute atomic E-state index is 0.0464. The molecule has 0 bridgehead atoms. The summed E-state index contributed by atoms with van der Waals surface area (Å²) in [4.78, 5) is 12.7. The number of aliphatic hydroxyl groups excluding tert-OH is 1. The summed E-state index contributed by atoms with van der Waals surface area (Å²) in [6.07, 6.45) is 5.61. The van der Waals surface area contributed by atoms with Gasteiger partial charge in [0.25, 0.3) is 0 Å². The Bertz CT molecular complexity index is 544. The zero-order valence-electron chi connectivity index (χ0n) is 12.9. The van der Waals surface area contributed by atoms with E-state index >= 15 is 0 Å². The predicted molar refractivity (Wildman–Crippen MR) is 85.6 cm³/mol. The number of piperidine rings is 1. The second-order valence-corrected chi connectivity index (χ2v) is 7.28. The van der Waals surface area contributed by atoms with Gasteiger partial charge in [-0.25, -0.2) is 0 Å². The fourth-order valence-corrected chi connectivity index (χ4v) is 5.21. The molecular formula is C19H25NO2. The van der Waals surface area contributed by atoms with E-state index in [0.29, 0.717) is 24.3 Å². The van der Waals surface area contributed by atoms with E-state index in [-0.39, 0.29) is 23.9 Å². The number of carbonyl (C=O) groups excluding carboxylic acids is 1. The molecule has 6 unspecified atom stereocenters. The lowest BCUT2D eigenvalue weighted by Gasteiger charge is -2.53. The first-order valence-corrected chi connectivity index (χ1v) is 8.77. The van der Waals surface area contributed by atoms with Gasteiger partial charge >= 0.3 is 0 Å². The van der Waals surface area contributed by atoms with Gasteiger partial charge in [-0.3, -0.25) is 4.79 Å². The first-order valence-electron chi connectivity index (χ1n) is 8.77. The molecule has 0 radical (unpaired) electrons. The highest BCUT2D eigenvalue weighted by Crippen LogP contribution is 2.48. The largest absolute Gasteiger partial charge is 0.393 e. The van der Waals surface area contributed by atoms with Crippen LogP contribution in [0.15, 0.2) is 30.3 Å². The van der Waals surface area contributed by atoms with E-state index in [1.807, 2.05) is 6.07 Å². The van der Waals surface area contributed by atoms with E-state index in [9.17, 15) is 9.90 Å². The smallest absolute Gasteiger partial charge is 0.138 e. The summed E-state index contributed by atoms with van der Waals surface area (Å²) in [5.74, 6) is 0.805. The maximum Gasteiger partial charge on any atom is 0.138 e. The third-order valence-corrected chi connectivity index (χ3v) is 6.08. The van der Waals surface area contributed by atoms with Crippen LogP contribution in [0.1, 0.15) is 50.0 Å². The molecule has 0 amide bonds.